The summed E-state index contributed by atoms with van der Waals surface area (Å²) >= 11 is 5.97. The summed E-state index contributed by atoms with van der Waals surface area (Å²) in [6, 6.07) is 5.71. The van der Waals surface area contributed by atoms with Gasteiger partial charge in [0, 0.05) is 5.02 Å². The standard InChI is InChI=1S/C13H17ClO2/c1-9-7-10(5-6-11(9)14)16-12(2,3)13(4)8-15-13/h5-7H,8H2,1-4H3. The molecule has 2 nitrogen and oxygen atoms in total. The third-order valence-corrected chi connectivity index (χ3v) is 3.78. The number of aryl methyl sites for hydroxylation is 1. The normalized spacial score (nSPS) is 24.3. The lowest BCUT2D eigenvalue weighted by atomic mass is 9.93. The zero-order chi connectivity index (χ0) is 12.0. The monoisotopic (exact) mass is 240 g/mol. The van der Waals surface area contributed by atoms with E-state index in [1.807, 2.05) is 39.0 Å². The number of halogens is 1. The van der Waals surface area contributed by atoms with E-state index in [1.165, 1.54) is 0 Å². The lowest BCUT2D eigenvalue weighted by molar-refractivity contribution is 0.0268. The summed E-state index contributed by atoms with van der Waals surface area (Å²) in [4.78, 5) is 0. The van der Waals surface area contributed by atoms with E-state index < -0.39 is 0 Å². The van der Waals surface area contributed by atoms with Crippen LogP contribution < -0.4 is 4.74 Å². The molecule has 16 heavy (non-hydrogen) atoms. The maximum absolute atomic E-state index is 5.98. The van der Waals surface area contributed by atoms with Gasteiger partial charge < -0.3 is 9.47 Å². The van der Waals surface area contributed by atoms with Crippen molar-refractivity contribution in [2.45, 2.75) is 38.9 Å². The predicted molar refractivity (Wildman–Crippen MR) is 65.3 cm³/mol. The lowest BCUT2D eigenvalue weighted by Gasteiger charge is -2.30. The van der Waals surface area contributed by atoms with Crippen LogP contribution in [0.2, 0.25) is 5.02 Å². The first-order valence-electron chi connectivity index (χ1n) is 5.43. The quantitative estimate of drug-likeness (QED) is 0.753. The Labute approximate surface area is 102 Å². The second-order valence-electron chi connectivity index (χ2n) is 5.04. The Kier molecular flexibility index (Phi) is 2.67. The Morgan fingerprint density at radius 2 is 2.06 bits per heavy atom. The maximum Gasteiger partial charge on any atom is 0.134 e. The predicted octanol–water partition coefficient (Wildman–Crippen LogP) is 3.59. The van der Waals surface area contributed by atoms with Gasteiger partial charge in [0.25, 0.3) is 0 Å². The first kappa shape index (κ1) is 11.7. The molecule has 1 aliphatic rings. The fraction of sp³-hybridized carbons (Fsp3) is 0.538. The third-order valence-electron chi connectivity index (χ3n) is 3.35. The highest BCUT2D eigenvalue weighted by atomic mass is 35.5. The number of epoxide rings is 1. The van der Waals surface area contributed by atoms with E-state index in [0.717, 1.165) is 22.9 Å². The highest BCUT2D eigenvalue weighted by Crippen LogP contribution is 2.40. The third kappa shape index (κ3) is 2.04. The summed E-state index contributed by atoms with van der Waals surface area (Å²) in [7, 11) is 0. The molecule has 1 aliphatic heterocycles. The molecular formula is C13H17ClO2. The van der Waals surface area contributed by atoms with Gasteiger partial charge in [0.2, 0.25) is 0 Å². The molecule has 1 fully saturated rings. The van der Waals surface area contributed by atoms with Crippen molar-refractivity contribution in [3.05, 3.63) is 28.8 Å². The first-order chi connectivity index (χ1) is 7.34. The fourth-order valence-corrected chi connectivity index (χ4v) is 1.66. The van der Waals surface area contributed by atoms with Gasteiger partial charge >= 0.3 is 0 Å². The average molecular weight is 241 g/mol. The fourth-order valence-electron chi connectivity index (χ4n) is 1.54. The molecule has 0 radical (unpaired) electrons. The second kappa shape index (κ2) is 3.64. The molecule has 0 bridgehead atoms. The maximum atomic E-state index is 5.98. The molecule has 88 valence electrons. The molecule has 1 atom stereocenters. The van der Waals surface area contributed by atoms with Gasteiger partial charge in [-0.25, -0.2) is 0 Å². The Morgan fingerprint density at radius 1 is 1.44 bits per heavy atom. The minimum Gasteiger partial charge on any atom is -0.485 e. The highest BCUT2D eigenvalue weighted by molar-refractivity contribution is 6.31. The van der Waals surface area contributed by atoms with Gasteiger partial charge in [0.1, 0.15) is 17.0 Å². The van der Waals surface area contributed by atoms with Gasteiger partial charge in [0.05, 0.1) is 6.61 Å². The second-order valence-corrected chi connectivity index (χ2v) is 5.45. The Balaban J connectivity index is 2.17. The summed E-state index contributed by atoms with van der Waals surface area (Å²) in [6.45, 7) is 8.88. The summed E-state index contributed by atoms with van der Waals surface area (Å²) in [5.74, 6) is 0.837. The minimum absolute atomic E-state index is 0.166. The van der Waals surface area contributed by atoms with E-state index in [4.69, 9.17) is 21.1 Å². The molecular weight excluding hydrogens is 224 g/mol. The molecule has 1 unspecified atom stereocenters. The number of hydrogen-bond donors (Lipinski definition) is 0. The zero-order valence-corrected chi connectivity index (χ0v) is 10.9. The summed E-state index contributed by atoms with van der Waals surface area (Å²) in [6.07, 6.45) is 0. The number of ether oxygens (including phenoxy) is 2. The van der Waals surface area contributed by atoms with Gasteiger partial charge in [-0.2, -0.15) is 0 Å². The van der Waals surface area contributed by atoms with Gasteiger partial charge in [0.15, 0.2) is 0 Å². The van der Waals surface area contributed by atoms with E-state index in [1.54, 1.807) is 0 Å². The van der Waals surface area contributed by atoms with Crippen molar-refractivity contribution in [2.24, 2.45) is 0 Å². The molecule has 1 aromatic carbocycles. The van der Waals surface area contributed by atoms with E-state index in [0.29, 0.717) is 0 Å². The topological polar surface area (TPSA) is 21.8 Å². The summed E-state index contributed by atoms with van der Waals surface area (Å²) < 4.78 is 11.4. The van der Waals surface area contributed by atoms with E-state index in [2.05, 4.69) is 6.92 Å². The van der Waals surface area contributed by atoms with Crippen LogP contribution in [0.15, 0.2) is 18.2 Å². The largest absolute Gasteiger partial charge is 0.485 e. The van der Waals surface area contributed by atoms with Crippen LogP contribution in [0.4, 0.5) is 0 Å². The molecule has 3 heteroatoms. The molecule has 1 heterocycles. The molecule has 0 saturated carbocycles. The van der Waals surface area contributed by atoms with Crippen molar-refractivity contribution in [2.75, 3.05) is 6.61 Å². The molecule has 2 rings (SSSR count). The van der Waals surface area contributed by atoms with E-state index in [9.17, 15) is 0 Å². The van der Waals surface area contributed by atoms with Gasteiger partial charge in [-0.05, 0) is 51.5 Å². The molecule has 0 spiro atoms. The van der Waals surface area contributed by atoms with E-state index >= 15 is 0 Å². The van der Waals surface area contributed by atoms with Crippen molar-refractivity contribution in [3.63, 3.8) is 0 Å². The van der Waals surface area contributed by atoms with Crippen LogP contribution in [-0.4, -0.2) is 17.8 Å². The van der Waals surface area contributed by atoms with Crippen molar-refractivity contribution in [1.82, 2.24) is 0 Å². The molecule has 0 amide bonds. The lowest BCUT2D eigenvalue weighted by Crippen LogP contribution is -2.43. The molecule has 0 aliphatic carbocycles. The van der Waals surface area contributed by atoms with E-state index in [-0.39, 0.29) is 11.2 Å². The molecule has 1 saturated heterocycles. The molecule has 0 N–H and O–H groups in total. The van der Waals surface area contributed by atoms with Crippen LogP contribution in [0.1, 0.15) is 26.3 Å². The van der Waals surface area contributed by atoms with Gasteiger partial charge in [-0.3, -0.25) is 0 Å². The zero-order valence-electron chi connectivity index (χ0n) is 10.1. The van der Waals surface area contributed by atoms with Gasteiger partial charge in [-0.15, -0.1) is 0 Å². The highest BCUT2D eigenvalue weighted by Gasteiger charge is 2.54. The Hall–Kier alpha value is -0.730. The number of hydrogen-bond acceptors (Lipinski definition) is 2. The molecule has 1 aromatic rings. The van der Waals surface area contributed by atoms with Gasteiger partial charge in [-0.1, -0.05) is 11.6 Å². The van der Waals surface area contributed by atoms with Crippen LogP contribution in [0.25, 0.3) is 0 Å². The number of rotatable bonds is 3. The van der Waals surface area contributed by atoms with Crippen LogP contribution >= 0.6 is 11.6 Å². The molecule has 0 aromatic heterocycles. The summed E-state index contributed by atoms with van der Waals surface area (Å²) in [5.41, 5.74) is 0.533. The van der Waals surface area contributed by atoms with Crippen molar-refractivity contribution in [1.29, 1.82) is 0 Å². The first-order valence-corrected chi connectivity index (χ1v) is 5.81. The average Bonchev–Trinajstić information content (AvgIpc) is 2.91. The Morgan fingerprint density at radius 3 is 2.56 bits per heavy atom. The number of benzene rings is 1. The van der Waals surface area contributed by atoms with Crippen molar-refractivity contribution < 1.29 is 9.47 Å². The minimum atomic E-state index is -0.326. The van der Waals surface area contributed by atoms with Crippen molar-refractivity contribution in [3.8, 4) is 5.75 Å². The van der Waals surface area contributed by atoms with Crippen molar-refractivity contribution >= 4 is 11.6 Å². The SMILES string of the molecule is Cc1cc(OC(C)(C)C2(C)CO2)ccc1Cl. The van der Waals surface area contributed by atoms with Crippen LogP contribution in [0, 0.1) is 6.92 Å². The van der Waals surface area contributed by atoms with Crippen LogP contribution in [-0.2, 0) is 4.74 Å². The smallest absolute Gasteiger partial charge is 0.134 e. The summed E-state index contributed by atoms with van der Waals surface area (Å²) in [5, 5.41) is 0.763. The van der Waals surface area contributed by atoms with Crippen LogP contribution in [0.5, 0.6) is 5.75 Å². The Bertz CT molecular complexity index is 408. The van der Waals surface area contributed by atoms with Crippen LogP contribution in [0.3, 0.4) is 0 Å².